The Hall–Kier alpha value is -2.26. The summed E-state index contributed by atoms with van der Waals surface area (Å²) in [4.78, 5) is 25.1. The van der Waals surface area contributed by atoms with E-state index in [-0.39, 0.29) is 17.2 Å². The first-order chi connectivity index (χ1) is 12.8. The molecule has 0 unspecified atom stereocenters. The first-order valence-electron chi connectivity index (χ1n) is 8.56. The van der Waals surface area contributed by atoms with Gasteiger partial charge in [0.2, 0.25) is 10.9 Å². The lowest BCUT2D eigenvalue weighted by atomic mass is 9.93. The van der Waals surface area contributed by atoms with Crippen LogP contribution in [0.5, 0.6) is 0 Å². The van der Waals surface area contributed by atoms with Crippen LogP contribution >= 0.6 is 23.1 Å². The van der Waals surface area contributed by atoms with E-state index >= 15 is 0 Å². The van der Waals surface area contributed by atoms with Crippen LogP contribution in [-0.2, 0) is 16.6 Å². The summed E-state index contributed by atoms with van der Waals surface area (Å²) in [5.74, 6) is 0.0706. The van der Waals surface area contributed by atoms with Crippen LogP contribution in [0.15, 0.2) is 33.4 Å². The number of amides is 1. The fraction of sp³-hybridized carbons (Fsp3) is 0.389. The Morgan fingerprint density at radius 1 is 1.22 bits per heavy atom. The number of nitrogens with zero attached hydrogens (tertiary/aromatic N) is 4. The van der Waals surface area contributed by atoms with Gasteiger partial charge in [-0.05, 0) is 24.1 Å². The molecule has 0 radical (unpaired) electrons. The third-order valence-electron chi connectivity index (χ3n) is 3.86. The van der Waals surface area contributed by atoms with Gasteiger partial charge >= 0.3 is 0 Å². The summed E-state index contributed by atoms with van der Waals surface area (Å²) < 4.78 is 1.87. The Morgan fingerprint density at radius 2 is 1.93 bits per heavy atom. The molecule has 7 nitrogen and oxygen atoms in total. The van der Waals surface area contributed by atoms with Gasteiger partial charge in [0, 0.05) is 11.1 Å². The minimum Gasteiger partial charge on any atom is -0.325 e. The minimum absolute atomic E-state index is 0.127. The van der Waals surface area contributed by atoms with E-state index in [1.807, 2.05) is 45.0 Å². The molecule has 0 saturated heterocycles. The van der Waals surface area contributed by atoms with Crippen molar-refractivity contribution in [3.05, 3.63) is 45.9 Å². The van der Waals surface area contributed by atoms with Crippen LogP contribution < -0.4 is 10.9 Å². The summed E-state index contributed by atoms with van der Waals surface area (Å²) in [6.45, 7) is 7.81. The van der Waals surface area contributed by atoms with Crippen molar-refractivity contribution in [1.82, 2.24) is 19.8 Å². The zero-order valence-electron chi connectivity index (χ0n) is 15.6. The lowest BCUT2D eigenvalue weighted by Gasteiger charge is -2.14. The molecule has 0 aliphatic carbocycles. The number of aryl methyl sites for hydroxylation is 1. The summed E-state index contributed by atoms with van der Waals surface area (Å²) in [5.41, 5.74) is 1.68. The number of carbonyl (C=O) groups excluding carboxylic acids is 1. The Labute approximate surface area is 165 Å². The smallest absolute Gasteiger partial charge is 0.297 e. The number of rotatable bonds is 5. The van der Waals surface area contributed by atoms with Gasteiger partial charge in [0.25, 0.3) is 5.56 Å². The molecule has 2 aromatic heterocycles. The van der Waals surface area contributed by atoms with Crippen molar-refractivity contribution < 1.29 is 4.79 Å². The van der Waals surface area contributed by atoms with Crippen molar-refractivity contribution in [3.8, 4) is 0 Å². The number of hydrogen-bond acceptors (Lipinski definition) is 7. The maximum absolute atomic E-state index is 12.5. The molecule has 0 bridgehead atoms. The van der Waals surface area contributed by atoms with E-state index in [1.165, 1.54) is 33.2 Å². The Kier molecular flexibility index (Phi) is 5.61. The fourth-order valence-electron chi connectivity index (χ4n) is 2.37. The van der Waals surface area contributed by atoms with Crippen molar-refractivity contribution in [2.45, 2.75) is 43.9 Å². The normalized spacial score (nSPS) is 11.7. The largest absolute Gasteiger partial charge is 0.325 e. The lowest BCUT2D eigenvalue weighted by Crippen LogP contribution is -2.30. The monoisotopic (exact) mass is 403 g/mol. The average Bonchev–Trinajstić information content (AvgIpc) is 3.04. The quantitative estimate of drug-likeness (QED) is 0.659. The van der Waals surface area contributed by atoms with Gasteiger partial charge in [0.15, 0.2) is 4.34 Å². The Bertz CT molecular complexity index is 1020. The third kappa shape index (κ3) is 4.54. The molecule has 0 saturated carbocycles. The number of aromatic nitrogens is 4. The zero-order valence-corrected chi connectivity index (χ0v) is 17.3. The Morgan fingerprint density at radius 3 is 2.56 bits per heavy atom. The molecule has 1 amide bonds. The molecular weight excluding hydrogens is 382 g/mol. The molecule has 27 heavy (non-hydrogen) atoms. The number of hydrogen-bond donors (Lipinski definition) is 1. The first-order valence-corrected chi connectivity index (χ1v) is 10.4. The van der Waals surface area contributed by atoms with E-state index < -0.39 is 5.41 Å². The molecule has 0 atom stereocenters. The van der Waals surface area contributed by atoms with E-state index in [0.717, 1.165) is 12.1 Å². The van der Waals surface area contributed by atoms with Gasteiger partial charge in [-0.15, -0.1) is 15.3 Å². The maximum Gasteiger partial charge on any atom is 0.297 e. The molecule has 2 heterocycles. The van der Waals surface area contributed by atoms with E-state index in [0.29, 0.717) is 15.0 Å². The highest BCUT2D eigenvalue weighted by atomic mass is 32.2. The summed E-state index contributed by atoms with van der Waals surface area (Å²) in [5, 5.41) is 15.3. The lowest BCUT2D eigenvalue weighted by molar-refractivity contribution is -0.113. The molecule has 1 aromatic carbocycles. The summed E-state index contributed by atoms with van der Waals surface area (Å²) in [6, 6.07) is 7.77. The van der Waals surface area contributed by atoms with Crippen molar-refractivity contribution in [3.63, 3.8) is 0 Å². The highest BCUT2D eigenvalue weighted by Gasteiger charge is 2.23. The molecule has 0 aliphatic rings. The molecule has 142 valence electrons. The van der Waals surface area contributed by atoms with Crippen molar-refractivity contribution in [2.75, 3.05) is 11.1 Å². The molecule has 9 heteroatoms. The summed E-state index contributed by atoms with van der Waals surface area (Å²) in [7, 11) is 0. The SMILES string of the molecule is CCc1ccc(NC(=O)CSc2nn3c(=O)c(C(C)(C)C)nnc3s2)cc1. The number of nitrogens with one attached hydrogen (secondary N) is 1. The van der Waals surface area contributed by atoms with Gasteiger partial charge in [-0.25, -0.2) is 0 Å². The maximum atomic E-state index is 12.5. The van der Waals surface area contributed by atoms with Crippen LogP contribution in [0.1, 0.15) is 39.0 Å². The van der Waals surface area contributed by atoms with Gasteiger partial charge in [0.1, 0.15) is 5.69 Å². The molecule has 1 N–H and O–H groups in total. The summed E-state index contributed by atoms with van der Waals surface area (Å²) in [6.07, 6.45) is 0.959. The predicted molar refractivity (Wildman–Crippen MR) is 109 cm³/mol. The van der Waals surface area contributed by atoms with Gasteiger partial charge < -0.3 is 5.32 Å². The number of thioether (sulfide) groups is 1. The average molecular weight is 404 g/mol. The van der Waals surface area contributed by atoms with Crippen molar-refractivity contribution in [2.24, 2.45) is 0 Å². The highest BCUT2D eigenvalue weighted by Crippen LogP contribution is 2.24. The van der Waals surface area contributed by atoms with Crippen LogP contribution in [-0.4, -0.2) is 31.5 Å². The third-order valence-corrected chi connectivity index (χ3v) is 5.89. The molecular formula is C18H21N5O2S2. The predicted octanol–water partition coefficient (Wildman–Crippen LogP) is 3.14. The van der Waals surface area contributed by atoms with Gasteiger partial charge in [-0.3, -0.25) is 9.59 Å². The Balaban J connectivity index is 1.68. The zero-order chi connectivity index (χ0) is 19.6. The van der Waals surface area contributed by atoms with E-state index in [9.17, 15) is 9.59 Å². The number of benzene rings is 1. The standard InChI is InChI=1S/C18H21N5O2S2/c1-5-11-6-8-12(9-7-11)19-13(24)10-26-17-22-23-15(25)14(18(2,3)4)20-21-16(23)27-17/h6-9H,5,10H2,1-4H3,(H,19,24). The van der Waals surface area contributed by atoms with Crippen LogP contribution in [0.25, 0.3) is 4.96 Å². The molecule has 0 fully saturated rings. The van der Waals surface area contributed by atoms with Gasteiger partial charge in [-0.2, -0.15) is 4.52 Å². The molecule has 3 aromatic rings. The minimum atomic E-state index is -0.407. The van der Waals surface area contributed by atoms with E-state index in [1.54, 1.807) is 0 Å². The van der Waals surface area contributed by atoms with E-state index in [2.05, 4.69) is 27.5 Å². The fourth-order valence-corrected chi connectivity index (χ4v) is 4.05. The number of fused-ring (bicyclic) bond motifs is 1. The van der Waals surface area contributed by atoms with Crippen LogP contribution in [0.3, 0.4) is 0 Å². The van der Waals surface area contributed by atoms with Crippen LogP contribution in [0.2, 0.25) is 0 Å². The van der Waals surface area contributed by atoms with Gasteiger partial charge in [-0.1, -0.05) is 62.9 Å². The van der Waals surface area contributed by atoms with Crippen molar-refractivity contribution >= 4 is 39.7 Å². The van der Waals surface area contributed by atoms with Crippen LogP contribution in [0, 0.1) is 0 Å². The second-order valence-corrected chi connectivity index (χ2v) is 9.23. The second-order valence-electron chi connectivity index (χ2n) is 7.05. The highest BCUT2D eigenvalue weighted by molar-refractivity contribution is 8.01. The van der Waals surface area contributed by atoms with E-state index in [4.69, 9.17) is 0 Å². The number of carbonyl (C=O) groups is 1. The van der Waals surface area contributed by atoms with Crippen LogP contribution in [0.4, 0.5) is 5.69 Å². The summed E-state index contributed by atoms with van der Waals surface area (Å²) >= 11 is 2.52. The molecule has 3 rings (SSSR count). The van der Waals surface area contributed by atoms with Crippen molar-refractivity contribution in [1.29, 1.82) is 0 Å². The topological polar surface area (TPSA) is 89.3 Å². The number of anilines is 1. The second kappa shape index (κ2) is 7.77. The van der Waals surface area contributed by atoms with Gasteiger partial charge in [0.05, 0.1) is 5.75 Å². The first kappa shape index (κ1) is 19.5. The molecule has 0 aliphatic heterocycles. The molecule has 0 spiro atoms.